The standard InChI is InChI=1S/C24H26N2O5/c1-18(27)25-12-14-26(15-13-25)23(28)17-31-24(29)21(19-8-4-3-5-9-19)16-20-10-6-7-11-22(20)30-2/h3-11,16H,12-15,17H2,1-2H3/b21-16+. The molecule has 0 spiro atoms. The summed E-state index contributed by atoms with van der Waals surface area (Å²) in [7, 11) is 1.57. The van der Waals surface area contributed by atoms with Crippen LogP contribution in [0.3, 0.4) is 0 Å². The third kappa shape index (κ3) is 5.72. The second-order valence-electron chi connectivity index (χ2n) is 7.13. The summed E-state index contributed by atoms with van der Waals surface area (Å²) in [5, 5.41) is 0. The molecule has 1 aliphatic rings. The van der Waals surface area contributed by atoms with Gasteiger partial charge in [0.1, 0.15) is 5.75 Å². The van der Waals surface area contributed by atoms with Gasteiger partial charge in [0.2, 0.25) is 5.91 Å². The van der Waals surface area contributed by atoms with Crippen LogP contribution in [-0.2, 0) is 19.1 Å². The highest BCUT2D eigenvalue weighted by molar-refractivity contribution is 6.22. The zero-order valence-electron chi connectivity index (χ0n) is 17.7. The lowest BCUT2D eigenvalue weighted by Gasteiger charge is -2.34. The number of benzene rings is 2. The van der Waals surface area contributed by atoms with Crippen molar-refractivity contribution in [2.75, 3.05) is 39.9 Å². The molecule has 2 aromatic carbocycles. The Morgan fingerprint density at radius 3 is 2.16 bits per heavy atom. The summed E-state index contributed by atoms with van der Waals surface area (Å²) >= 11 is 0. The van der Waals surface area contributed by atoms with Gasteiger partial charge in [-0.15, -0.1) is 0 Å². The normalized spacial score (nSPS) is 14.2. The number of methoxy groups -OCH3 is 1. The molecule has 162 valence electrons. The van der Waals surface area contributed by atoms with Gasteiger partial charge >= 0.3 is 5.97 Å². The summed E-state index contributed by atoms with van der Waals surface area (Å²) < 4.78 is 10.8. The molecule has 7 heteroatoms. The van der Waals surface area contributed by atoms with Crippen LogP contribution in [0.4, 0.5) is 0 Å². The van der Waals surface area contributed by atoms with Crippen molar-refractivity contribution in [1.82, 2.24) is 9.80 Å². The van der Waals surface area contributed by atoms with Crippen molar-refractivity contribution < 1.29 is 23.9 Å². The minimum atomic E-state index is -0.590. The summed E-state index contributed by atoms with van der Waals surface area (Å²) in [5.41, 5.74) is 1.74. The number of hydrogen-bond acceptors (Lipinski definition) is 5. The Bertz CT molecular complexity index is 963. The lowest BCUT2D eigenvalue weighted by atomic mass is 10.0. The minimum Gasteiger partial charge on any atom is -0.496 e. The average Bonchev–Trinajstić information content (AvgIpc) is 2.81. The van der Waals surface area contributed by atoms with Gasteiger partial charge < -0.3 is 19.3 Å². The first kappa shape index (κ1) is 22.1. The van der Waals surface area contributed by atoms with Crippen LogP contribution in [0.5, 0.6) is 5.75 Å². The molecule has 0 radical (unpaired) electrons. The molecule has 0 N–H and O–H groups in total. The van der Waals surface area contributed by atoms with Crippen LogP contribution < -0.4 is 4.74 Å². The molecule has 0 saturated carbocycles. The molecule has 1 saturated heterocycles. The van der Waals surface area contributed by atoms with Gasteiger partial charge in [-0.05, 0) is 17.7 Å². The summed E-state index contributed by atoms with van der Waals surface area (Å²) in [6.45, 7) is 2.99. The van der Waals surface area contributed by atoms with Crippen LogP contribution in [-0.4, -0.2) is 67.5 Å². The zero-order valence-corrected chi connectivity index (χ0v) is 17.7. The maximum Gasteiger partial charge on any atom is 0.339 e. The van der Waals surface area contributed by atoms with Gasteiger partial charge in [0.25, 0.3) is 5.91 Å². The molecule has 1 heterocycles. The molecule has 7 nitrogen and oxygen atoms in total. The Hall–Kier alpha value is -3.61. The predicted octanol–water partition coefficient (Wildman–Crippen LogP) is 2.47. The van der Waals surface area contributed by atoms with E-state index in [0.717, 1.165) is 5.56 Å². The van der Waals surface area contributed by atoms with Crippen molar-refractivity contribution in [2.45, 2.75) is 6.92 Å². The first-order valence-corrected chi connectivity index (χ1v) is 10.1. The van der Waals surface area contributed by atoms with Crippen molar-refractivity contribution in [2.24, 2.45) is 0 Å². The molecule has 0 atom stereocenters. The Morgan fingerprint density at radius 1 is 0.903 bits per heavy atom. The molecule has 2 aromatic rings. The van der Waals surface area contributed by atoms with E-state index in [0.29, 0.717) is 43.1 Å². The smallest absolute Gasteiger partial charge is 0.339 e. The number of para-hydroxylation sites is 1. The van der Waals surface area contributed by atoms with Gasteiger partial charge in [-0.2, -0.15) is 0 Å². The topological polar surface area (TPSA) is 76.2 Å². The molecule has 3 rings (SSSR count). The maximum atomic E-state index is 12.9. The number of carbonyl (C=O) groups excluding carboxylic acids is 3. The van der Waals surface area contributed by atoms with Gasteiger partial charge in [0.05, 0.1) is 12.7 Å². The SMILES string of the molecule is COc1ccccc1/C=C(/C(=O)OCC(=O)N1CCN(C(C)=O)CC1)c1ccccc1. The number of piperazine rings is 1. The van der Waals surface area contributed by atoms with Gasteiger partial charge in [0.15, 0.2) is 6.61 Å². The highest BCUT2D eigenvalue weighted by atomic mass is 16.5. The lowest BCUT2D eigenvalue weighted by molar-refractivity contribution is -0.149. The van der Waals surface area contributed by atoms with Crippen molar-refractivity contribution in [1.29, 1.82) is 0 Å². The number of amides is 2. The summed E-state index contributed by atoms with van der Waals surface area (Å²) in [5.74, 6) is -0.246. The van der Waals surface area contributed by atoms with Gasteiger partial charge in [-0.1, -0.05) is 48.5 Å². The number of nitrogens with zero attached hydrogens (tertiary/aromatic N) is 2. The average molecular weight is 422 g/mol. The van der Waals surface area contributed by atoms with Crippen molar-refractivity contribution in [3.63, 3.8) is 0 Å². The Kier molecular flexibility index (Phi) is 7.43. The van der Waals surface area contributed by atoms with Crippen molar-refractivity contribution in [3.8, 4) is 5.75 Å². The fraction of sp³-hybridized carbons (Fsp3) is 0.292. The van der Waals surface area contributed by atoms with Crippen LogP contribution in [0.25, 0.3) is 11.6 Å². The maximum absolute atomic E-state index is 12.9. The number of esters is 1. The summed E-state index contributed by atoms with van der Waals surface area (Å²) in [4.78, 5) is 40.2. The summed E-state index contributed by atoms with van der Waals surface area (Å²) in [6.07, 6.45) is 1.70. The largest absolute Gasteiger partial charge is 0.496 e. The van der Waals surface area contributed by atoms with Crippen LogP contribution >= 0.6 is 0 Å². The van der Waals surface area contributed by atoms with Crippen LogP contribution in [0.15, 0.2) is 54.6 Å². The van der Waals surface area contributed by atoms with E-state index in [1.807, 2.05) is 54.6 Å². The molecular formula is C24H26N2O5. The Morgan fingerprint density at radius 2 is 1.52 bits per heavy atom. The van der Waals surface area contributed by atoms with E-state index < -0.39 is 5.97 Å². The molecule has 0 aliphatic carbocycles. The van der Waals surface area contributed by atoms with E-state index in [9.17, 15) is 14.4 Å². The van der Waals surface area contributed by atoms with Gasteiger partial charge in [0, 0.05) is 38.7 Å². The molecule has 0 unspecified atom stereocenters. The highest BCUT2D eigenvalue weighted by Crippen LogP contribution is 2.25. The van der Waals surface area contributed by atoms with E-state index in [1.165, 1.54) is 6.92 Å². The number of hydrogen-bond donors (Lipinski definition) is 0. The third-order valence-corrected chi connectivity index (χ3v) is 5.15. The third-order valence-electron chi connectivity index (χ3n) is 5.15. The van der Waals surface area contributed by atoms with Crippen LogP contribution in [0.2, 0.25) is 0 Å². The van der Waals surface area contributed by atoms with E-state index in [2.05, 4.69) is 0 Å². The first-order chi connectivity index (χ1) is 15.0. The lowest BCUT2D eigenvalue weighted by Crippen LogP contribution is -2.51. The number of rotatable bonds is 6. The fourth-order valence-electron chi connectivity index (χ4n) is 3.39. The minimum absolute atomic E-state index is 0.00694. The number of carbonyl (C=O) groups is 3. The van der Waals surface area contributed by atoms with Gasteiger partial charge in [-0.3, -0.25) is 9.59 Å². The van der Waals surface area contributed by atoms with Gasteiger partial charge in [-0.25, -0.2) is 4.79 Å². The second kappa shape index (κ2) is 10.4. The van der Waals surface area contributed by atoms with Crippen molar-refractivity contribution >= 4 is 29.4 Å². The van der Waals surface area contributed by atoms with E-state index in [1.54, 1.807) is 23.0 Å². The first-order valence-electron chi connectivity index (χ1n) is 10.1. The molecule has 1 aliphatic heterocycles. The van der Waals surface area contributed by atoms with E-state index >= 15 is 0 Å². The molecule has 31 heavy (non-hydrogen) atoms. The number of ether oxygens (including phenoxy) is 2. The van der Waals surface area contributed by atoms with Crippen LogP contribution in [0.1, 0.15) is 18.1 Å². The van der Waals surface area contributed by atoms with E-state index in [4.69, 9.17) is 9.47 Å². The monoisotopic (exact) mass is 422 g/mol. The Labute approximate surface area is 181 Å². The molecule has 1 fully saturated rings. The predicted molar refractivity (Wildman–Crippen MR) is 117 cm³/mol. The molecule has 2 amide bonds. The van der Waals surface area contributed by atoms with E-state index in [-0.39, 0.29) is 18.4 Å². The highest BCUT2D eigenvalue weighted by Gasteiger charge is 2.24. The van der Waals surface area contributed by atoms with Crippen LogP contribution in [0, 0.1) is 0 Å². The Balaban J connectivity index is 1.72. The van der Waals surface area contributed by atoms with Crippen molar-refractivity contribution in [3.05, 3.63) is 65.7 Å². The molecular weight excluding hydrogens is 396 g/mol. The quantitative estimate of drug-likeness (QED) is 0.406. The fourth-order valence-corrected chi connectivity index (χ4v) is 3.39. The summed E-state index contributed by atoms with van der Waals surface area (Å²) in [6, 6.07) is 16.5. The molecule has 0 bridgehead atoms. The molecule has 0 aromatic heterocycles. The second-order valence-corrected chi connectivity index (χ2v) is 7.13. The zero-order chi connectivity index (χ0) is 22.2.